The van der Waals surface area contributed by atoms with Crippen LogP contribution in [0.4, 0.5) is 10.1 Å². The molecule has 0 atom stereocenters. The molecule has 0 amide bonds. The van der Waals surface area contributed by atoms with E-state index in [4.69, 9.17) is 11.6 Å². The van der Waals surface area contributed by atoms with E-state index in [2.05, 4.69) is 0 Å². The maximum atomic E-state index is 12.8. The molecule has 0 fully saturated rings. The van der Waals surface area contributed by atoms with E-state index in [0.29, 0.717) is 0 Å². The molecule has 98 valence electrons. The van der Waals surface area contributed by atoms with Crippen LogP contribution in [-0.4, -0.2) is 4.92 Å². The molecular formula is C13H9ClFNO2S. The summed E-state index contributed by atoms with van der Waals surface area (Å²) in [5.74, 6) is -0.303. The number of nitrogens with zero attached hydrogens (tertiary/aromatic N) is 1. The predicted octanol–water partition coefficient (Wildman–Crippen LogP) is 4.85. The lowest BCUT2D eigenvalue weighted by Gasteiger charge is -2.06. The van der Waals surface area contributed by atoms with Gasteiger partial charge in [-0.3, -0.25) is 10.1 Å². The summed E-state index contributed by atoms with van der Waals surface area (Å²) in [7, 11) is 0. The van der Waals surface area contributed by atoms with Gasteiger partial charge in [0.25, 0.3) is 5.69 Å². The zero-order chi connectivity index (χ0) is 14.0. The van der Waals surface area contributed by atoms with Crippen molar-refractivity contribution < 1.29 is 9.31 Å². The lowest BCUT2D eigenvalue weighted by molar-refractivity contribution is -0.384. The van der Waals surface area contributed by atoms with Gasteiger partial charge in [-0.15, -0.1) is 0 Å². The normalized spacial score (nSPS) is 10.5. The van der Waals surface area contributed by atoms with Crippen LogP contribution in [-0.2, 0) is 0 Å². The Kier molecular flexibility index (Phi) is 4.07. The molecule has 0 aromatic heterocycles. The van der Waals surface area contributed by atoms with Crippen LogP contribution in [0, 0.1) is 22.9 Å². The molecule has 0 saturated carbocycles. The van der Waals surface area contributed by atoms with Crippen molar-refractivity contribution in [3.8, 4) is 0 Å². The Morgan fingerprint density at radius 2 is 1.89 bits per heavy atom. The van der Waals surface area contributed by atoms with E-state index in [0.717, 1.165) is 15.4 Å². The molecule has 2 rings (SSSR count). The maximum Gasteiger partial charge on any atom is 0.288 e. The first-order chi connectivity index (χ1) is 8.97. The van der Waals surface area contributed by atoms with E-state index in [1.807, 2.05) is 0 Å². The van der Waals surface area contributed by atoms with E-state index in [1.54, 1.807) is 25.1 Å². The van der Waals surface area contributed by atoms with Crippen LogP contribution in [0.3, 0.4) is 0 Å². The summed E-state index contributed by atoms with van der Waals surface area (Å²) in [6, 6.07) is 9.02. The first kappa shape index (κ1) is 13.8. The number of hydrogen-bond acceptors (Lipinski definition) is 3. The van der Waals surface area contributed by atoms with E-state index in [-0.39, 0.29) is 16.5 Å². The van der Waals surface area contributed by atoms with Gasteiger partial charge in [-0.2, -0.15) is 0 Å². The van der Waals surface area contributed by atoms with Gasteiger partial charge in [0.05, 0.1) is 4.92 Å². The summed E-state index contributed by atoms with van der Waals surface area (Å²) < 4.78 is 12.8. The molecule has 0 aliphatic rings. The number of benzene rings is 2. The molecule has 0 spiro atoms. The molecular weight excluding hydrogens is 289 g/mol. The van der Waals surface area contributed by atoms with Crippen molar-refractivity contribution >= 4 is 29.1 Å². The highest BCUT2D eigenvalue weighted by molar-refractivity contribution is 7.99. The Bertz CT molecular complexity index is 631. The highest BCUT2D eigenvalue weighted by atomic mass is 35.5. The summed E-state index contributed by atoms with van der Waals surface area (Å²) in [4.78, 5) is 11.9. The molecule has 0 bridgehead atoms. The van der Waals surface area contributed by atoms with Crippen molar-refractivity contribution in [3.63, 3.8) is 0 Å². The van der Waals surface area contributed by atoms with E-state index >= 15 is 0 Å². The molecule has 0 unspecified atom stereocenters. The smallest absolute Gasteiger partial charge is 0.258 e. The van der Waals surface area contributed by atoms with Crippen LogP contribution in [0.5, 0.6) is 0 Å². The summed E-state index contributed by atoms with van der Waals surface area (Å²) in [5, 5.41) is 10.9. The molecule has 0 aliphatic carbocycles. The molecule has 2 aromatic rings. The van der Waals surface area contributed by atoms with E-state index in [9.17, 15) is 14.5 Å². The third-order valence-corrected chi connectivity index (χ3v) is 3.95. The predicted molar refractivity (Wildman–Crippen MR) is 73.4 cm³/mol. The van der Waals surface area contributed by atoms with Crippen molar-refractivity contribution in [1.82, 2.24) is 0 Å². The first-order valence-electron chi connectivity index (χ1n) is 5.35. The van der Waals surface area contributed by atoms with Gasteiger partial charge in [0.1, 0.15) is 10.8 Å². The molecule has 0 heterocycles. The van der Waals surface area contributed by atoms with Crippen LogP contribution in [0.25, 0.3) is 0 Å². The molecule has 0 N–H and O–H groups in total. The summed E-state index contributed by atoms with van der Waals surface area (Å²) in [5.41, 5.74) is 0.646. The summed E-state index contributed by atoms with van der Waals surface area (Å²) in [6.07, 6.45) is 0. The van der Waals surface area contributed by atoms with Crippen LogP contribution in [0.2, 0.25) is 5.02 Å². The van der Waals surface area contributed by atoms with Crippen LogP contribution in [0.1, 0.15) is 5.56 Å². The SMILES string of the molecule is Cc1cc([N+](=O)[O-])c(Cl)cc1Sc1ccc(F)cc1. The van der Waals surface area contributed by atoms with Gasteiger partial charge in [-0.05, 0) is 42.8 Å². The van der Waals surface area contributed by atoms with Crippen LogP contribution in [0.15, 0.2) is 46.2 Å². The quantitative estimate of drug-likeness (QED) is 0.601. The Balaban J connectivity index is 2.33. The minimum Gasteiger partial charge on any atom is -0.258 e. The Morgan fingerprint density at radius 1 is 1.26 bits per heavy atom. The zero-order valence-corrected chi connectivity index (χ0v) is 11.5. The molecule has 6 heteroatoms. The zero-order valence-electron chi connectivity index (χ0n) is 9.89. The van der Waals surface area contributed by atoms with Crippen molar-refractivity contribution in [3.05, 3.63) is 62.9 Å². The lowest BCUT2D eigenvalue weighted by atomic mass is 10.2. The van der Waals surface area contributed by atoms with E-state index < -0.39 is 4.92 Å². The van der Waals surface area contributed by atoms with Gasteiger partial charge in [0.15, 0.2) is 0 Å². The largest absolute Gasteiger partial charge is 0.288 e. The Morgan fingerprint density at radius 3 is 2.47 bits per heavy atom. The van der Waals surface area contributed by atoms with Crippen LogP contribution < -0.4 is 0 Å². The minimum atomic E-state index is -0.512. The van der Waals surface area contributed by atoms with Crippen molar-refractivity contribution in [2.45, 2.75) is 16.7 Å². The fourth-order valence-corrected chi connectivity index (χ4v) is 2.75. The molecule has 0 radical (unpaired) electrons. The van der Waals surface area contributed by atoms with Crippen molar-refractivity contribution in [2.75, 3.05) is 0 Å². The topological polar surface area (TPSA) is 43.1 Å². The molecule has 2 aromatic carbocycles. The second-order valence-corrected chi connectivity index (χ2v) is 5.40. The van der Waals surface area contributed by atoms with Gasteiger partial charge in [-0.25, -0.2) is 4.39 Å². The fraction of sp³-hybridized carbons (Fsp3) is 0.0769. The second kappa shape index (κ2) is 5.59. The first-order valence-corrected chi connectivity index (χ1v) is 6.55. The van der Waals surface area contributed by atoms with Gasteiger partial charge < -0.3 is 0 Å². The van der Waals surface area contributed by atoms with Gasteiger partial charge in [-0.1, -0.05) is 23.4 Å². The monoisotopic (exact) mass is 297 g/mol. The van der Waals surface area contributed by atoms with Crippen molar-refractivity contribution in [2.24, 2.45) is 0 Å². The van der Waals surface area contributed by atoms with Crippen molar-refractivity contribution in [1.29, 1.82) is 0 Å². The third-order valence-electron chi connectivity index (χ3n) is 2.48. The van der Waals surface area contributed by atoms with E-state index in [1.165, 1.54) is 30.0 Å². The molecule has 3 nitrogen and oxygen atoms in total. The summed E-state index contributed by atoms with van der Waals surface area (Å²) >= 11 is 7.26. The van der Waals surface area contributed by atoms with Crippen LogP contribution >= 0.6 is 23.4 Å². The van der Waals surface area contributed by atoms with Gasteiger partial charge >= 0.3 is 0 Å². The highest BCUT2D eigenvalue weighted by Crippen LogP contribution is 2.36. The molecule has 0 saturated heterocycles. The number of nitro benzene ring substituents is 1. The second-order valence-electron chi connectivity index (χ2n) is 3.88. The fourth-order valence-electron chi connectivity index (χ4n) is 1.53. The number of hydrogen-bond donors (Lipinski definition) is 0. The van der Waals surface area contributed by atoms with Gasteiger partial charge in [0.2, 0.25) is 0 Å². The summed E-state index contributed by atoms with van der Waals surface area (Å²) in [6.45, 7) is 1.77. The lowest BCUT2D eigenvalue weighted by Crippen LogP contribution is -1.91. The maximum absolute atomic E-state index is 12.8. The number of aryl methyl sites for hydroxylation is 1. The Labute approximate surface area is 118 Å². The highest BCUT2D eigenvalue weighted by Gasteiger charge is 2.15. The average Bonchev–Trinajstić information content (AvgIpc) is 2.35. The number of nitro groups is 1. The number of rotatable bonds is 3. The Hall–Kier alpha value is -1.59. The molecule has 19 heavy (non-hydrogen) atoms. The van der Waals surface area contributed by atoms with Gasteiger partial charge in [0, 0.05) is 15.9 Å². The minimum absolute atomic E-state index is 0.0974. The number of halogens is 2. The third kappa shape index (κ3) is 3.24. The standard InChI is InChI=1S/C13H9ClFNO2S/c1-8-6-12(16(17)18)11(14)7-13(8)19-10-4-2-9(15)3-5-10/h2-7H,1H3. The molecule has 0 aliphatic heterocycles. The average molecular weight is 298 g/mol.